The third-order valence-electron chi connectivity index (χ3n) is 4.55. The highest BCUT2D eigenvalue weighted by Crippen LogP contribution is 2.48. The van der Waals surface area contributed by atoms with E-state index in [1.54, 1.807) is 4.90 Å². The van der Waals surface area contributed by atoms with Crippen LogP contribution in [0.15, 0.2) is 30.3 Å². The standard InChI is InChI=1S/C16H21N3O2/c1-18(2)14(10-6-4-3-5-7-10)16(21)19-12-8-11(12)9-13(19)15(17)20/h3-7,11-14H,8-9H2,1-2H3,(H2,17,20)/t11?,12?,13?,14-/m1/s1. The van der Waals surface area contributed by atoms with Crippen molar-refractivity contribution in [3.8, 4) is 0 Å². The fourth-order valence-electron chi connectivity index (χ4n) is 3.47. The van der Waals surface area contributed by atoms with Gasteiger partial charge in [-0.25, -0.2) is 0 Å². The van der Waals surface area contributed by atoms with Gasteiger partial charge in [0.2, 0.25) is 11.8 Å². The second kappa shape index (κ2) is 5.15. The van der Waals surface area contributed by atoms with Crippen LogP contribution in [0.3, 0.4) is 0 Å². The van der Waals surface area contributed by atoms with Crippen LogP contribution in [0.25, 0.3) is 0 Å². The third kappa shape index (κ3) is 2.42. The van der Waals surface area contributed by atoms with Crippen LogP contribution >= 0.6 is 0 Å². The van der Waals surface area contributed by atoms with Crippen molar-refractivity contribution in [1.82, 2.24) is 9.80 Å². The van der Waals surface area contributed by atoms with Gasteiger partial charge in [0.25, 0.3) is 0 Å². The van der Waals surface area contributed by atoms with E-state index in [-0.39, 0.29) is 23.9 Å². The average Bonchev–Trinajstić information content (AvgIpc) is 3.10. The Bertz CT molecular complexity index is 558. The van der Waals surface area contributed by atoms with E-state index in [9.17, 15) is 9.59 Å². The second-order valence-corrected chi connectivity index (χ2v) is 6.24. The molecule has 5 heteroatoms. The lowest BCUT2D eigenvalue weighted by atomic mass is 10.0. The number of carbonyl (C=O) groups excluding carboxylic acids is 2. The van der Waals surface area contributed by atoms with Gasteiger partial charge in [0.05, 0.1) is 0 Å². The van der Waals surface area contributed by atoms with Crippen LogP contribution in [0.4, 0.5) is 0 Å². The van der Waals surface area contributed by atoms with Gasteiger partial charge in [0.15, 0.2) is 0 Å². The van der Waals surface area contributed by atoms with Crippen molar-refractivity contribution in [2.24, 2.45) is 11.7 Å². The number of hydrogen-bond acceptors (Lipinski definition) is 3. The first-order valence-corrected chi connectivity index (χ1v) is 7.33. The molecule has 1 aromatic carbocycles. The number of primary amides is 1. The van der Waals surface area contributed by atoms with Crippen LogP contribution in [0, 0.1) is 5.92 Å². The quantitative estimate of drug-likeness (QED) is 0.889. The van der Waals surface area contributed by atoms with E-state index in [4.69, 9.17) is 5.73 Å². The van der Waals surface area contributed by atoms with Crippen LogP contribution in [0.1, 0.15) is 24.4 Å². The lowest BCUT2D eigenvalue weighted by Gasteiger charge is -2.32. The molecule has 0 aromatic heterocycles. The smallest absolute Gasteiger partial charge is 0.245 e. The number of fused-ring (bicyclic) bond motifs is 1. The number of benzene rings is 1. The number of likely N-dealkylation sites (N-methyl/N-ethyl adjacent to an activating group) is 1. The predicted octanol–water partition coefficient (Wildman–Crippen LogP) is 0.764. The summed E-state index contributed by atoms with van der Waals surface area (Å²) in [5, 5.41) is 0. The van der Waals surface area contributed by atoms with Crippen molar-refractivity contribution in [3.63, 3.8) is 0 Å². The molecular weight excluding hydrogens is 266 g/mol. The number of amides is 2. The first-order chi connectivity index (χ1) is 10.0. The van der Waals surface area contributed by atoms with Gasteiger partial charge in [-0.2, -0.15) is 0 Å². The second-order valence-electron chi connectivity index (χ2n) is 6.24. The molecule has 21 heavy (non-hydrogen) atoms. The number of rotatable bonds is 4. The summed E-state index contributed by atoms with van der Waals surface area (Å²) < 4.78 is 0. The highest BCUT2D eigenvalue weighted by molar-refractivity contribution is 5.91. The molecule has 2 aliphatic rings. The number of nitrogens with zero attached hydrogens (tertiary/aromatic N) is 2. The molecule has 0 radical (unpaired) electrons. The third-order valence-corrected chi connectivity index (χ3v) is 4.55. The first-order valence-electron chi connectivity index (χ1n) is 7.33. The normalized spacial score (nSPS) is 28.3. The monoisotopic (exact) mass is 287 g/mol. The average molecular weight is 287 g/mol. The Labute approximate surface area is 124 Å². The molecule has 112 valence electrons. The molecule has 0 spiro atoms. The highest BCUT2D eigenvalue weighted by Gasteiger charge is 2.56. The fourth-order valence-corrected chi connectivity index (χ4v) is 3.47. The minimum Gasteiger partial charge on any atom is -0.368 e. The Balaban J connectivity index is 1.89. The van der Waals surface area contributed by atoms with Gasteiger partial charge >= 0.3 is 0 Å². The molecule has 1 aromatic rings. The van der Waals surface area contributed by atoms with E-state index < -0.39 is 6.04 Å². The Hall–Kier alpha value is -1.88. The molecule has 1 aliphatic heterocycles. The van der Waals surface area contributed by atoms with Gasteiger partial charge in [-0.3, -0.25) is 14.5 Å². The molecule has 3 unspecified atom stereocenters. The molecule has 1 heterocycles. The molecule has 4 atom stereocenters. The van der Waals surface area contributed by atoms with Gasteiger partial charge in [0.1, 0.15) is 12.1 Å². The van der Waals surface area contributed by atoms with Crippen molar-refractivity contribution in [2.45, 2.75) is 31.0 Å². The summed E-state index contributed by atoms with van der Waals surface area (Å²) in [4.78, 5) is 28.3. The fraction of sp³-hybridized carbons (Fsp3) is 0.500. The number of nitrogens with two attached hydrogens (primary N) is 1. The van der Waals surface area contributed by atoms with Crippen molar-refractivity contribution >= 4 is 11.8 Å². The van der Waals surface area contributed by atoms with Gasteiger partial charge in [-0.15, -0.1) is 0 Å². The van der Waals surface area contributed by atoms with Gasteiger partial charge in [-0.1, -0.05) is 30.3 Å². The van der Waals surface area contributed by atoms with Crippen LogP contribution in [0.2, 0.25) is 0 Å². The Kier molecular flexibility index (Phi) is 3.45. The predicted molar refractivity (Wildman–Crippen MR) is 79.2 cm³/mol. The van der Waals surface area contributed by atoms with E-state index in [1.165, 1.54) is 0 Å². The molecule has 1 saturated carbocycles. The van der Waals surface area contributed by atoms with E-state index in [1.807, 2.05) is 49.3 Å². The minimum absolute atomic E-state index is 0.0139. The number of likely N-dealkylation sites (tertiary alicyclic amines) is 1. The lowest BCUT2D eigenvalue weighted by Crippen LogP contribution is -2.49. The summed E-state index contributed by atoms with van der Waals surface area (Å²) in [6.45, 7) is 0. The van der Waals surface area contributed by atoms with Crippen LogP contribution in [-0.4, -0.2) is 47.8 Å². The minimum atomic E-state index is -0.438. The molecule has 1 aliphatic carbocycles. The summed E-state index contributed by atoms with van der Waals surface area (Å²) in [5.41, 5.74) is 6.42. The van der Waals surface area contributed by atoms with Crippen molar-refractivity contribution in [3.05, 3.63) is 35.9 Å². The molecule has 0 bridgehead atoms. The zero-order chi connectivity index (χ0) is 15.1. The van der Waals surface area contributed by atoms with Crippen molar-refractivity contribution in [2.75, 3.05) is 14.1 Å². The summed E-state index contributed by atoms with van der Waals surface area (Å²) in [6.07, 6.45) is 1.73. The maximum atomic E-state index is 13.0. The summed E-state index contributed by atoms with van der Waals surface area (Å²) in [5.74, 6) is 0.0613. The zero-order valence-corrected chi connectivity index (χ0v) is 12.4. The Morgan fingerprint density at radius 3 is 2.48 bits per heavy atom. The maximum Gasteiger partial charge on any atom is 0.245 e. The molecule has 2 N–H and O–H groups in total. The molecular formula is C16H21N3O2. The number of hydrogen-bond donors (Lipinski definition) is 1. The molecule has 1 saturated heterocycles. The summed E-state index contributed by atoms with van der Waals surface area (Å²) >= 11 is 0. The number of carbonyl (C=O) groups is 2. The van der Waals surface area contributed by atoms with Crippen LogP contribution in [0.5, 0.6) is 0 Å². The van der Waals surface area contributed by atoms with E-state index in [0.717, 1.165) is 18.4 Å². The highest BCUT2D eigenvalue weighted by atomic mass is 16.2. The maximum absolute atomic E-state index is 13.0. The van der Waals surface area contributed by atoms with Crippen molar-refractivity contribution < 1.29 is 9.59 Å². The van der Waals surface area contributed by atoms with E-state index >= 15 is 0 Å². The molecule has 2 fully saturated rings. The zero-order valence-electron chi connectivity index (χ0n) is 12.4. The van der Waals surface area contributed by atoms with Crippen LogP contribution in [-0.2, 0) is 9.59 Å². The van der Waals surface area contributed by atoms with Gasteiger partial charge in [0, 0.05) is 6.04 Å². The molecule has 3 rings (SSSR count). The summed E-state index contributed by atoms with van der Waals surface area (Å²) in [6, 6.07) is 9.08. The van der Waals surface area contributed by atoms with Crippen LogP contribution < -0.4 is 5.73 Å². The topological polar surface area (TPSA) is 66.6 Å². The Morgan fingerprint density at radius 1 is 1.24 bits per heavy atom. The SMILES string of the molecule is CN(C)[C@@H](C(=O)N1C(C(N)=O)CC2CC21)c1ccccc1. The molecule has 5 nitrogen and oxygen atoms in total. The lowest BCUT2D eigenvalue weighted by molar-refractivity contribution is -0.142. The van der Waals surface area contributed by atoms with E-state index in [2.05, 4.69) is 0 Å². The number of piperidine rings is 1. The first kappa shape index (κ1) is 14.1. The van der Waals surface area contributed by atoms with Gasteiger partial charge < -0.3 is 10.6 Å². The van der Waals surface area contributed by atoms with Crippen molar-refractivity contribution in [1.29, 1.82) is 0 Å². The Morgan fingerprint density at radius 2 is 1.90 bits per heavy atom. The molecule has 2 amide bonds. The summed E-state index contributed by atoms with van der Waals surface area (Å²) in [7, 11) is 3.77. The van der Waals surface area contributed by atoms with Gasteiger partial charge in [-0.05, 0) is 38.4 Å². The van der Waals surface area contributed by atoms with E-state index in [0.29, 0.717) is 5.92 Å². The largest absolute Gasteiger partial charge is 0.368 e.